The first kappa shape index (κ1) is 17.4. The summed E-state index contributed by atoms with van der Waals surface area (Å²) < 4.78 is 0. The summed E-state index contributed by atoms with van der Waals surface area (Å²) in [5.74, 6) is 0.368. The topological polar surface area (TPSA) is 41.5 Å². The van der Waals surface area contributed by atoms with Crippen molar-refractivity contribution < 1.29 is 4.79 Å². The standard InChI is InChI=1S/C22H26N2O/c1-15-5-7-16(8-6-15)14-23-24-21(25)20-13-19(20)17-9-11-18(12-10-17)22(2,3)4/h5-12,14,19-20H,13H2,1-4H3,(H,24,25). The number of hydrogen-bond donors (Lipinski definition) is 1. The van der Waals surface area contributed by atoms with E-state index in [2.05, 4.69) is 55.6 Å². The predicted molar refractivity (Wildman–Crippen MR) is 103 cm³/mol. The van der Waals surface area contributed by atoms with Gasteiger partial charge < -0.3 is 0 Å². The molecule has 1 saturated carbocycles. The van der Waals surface area contributed by atoms with Crippen LogP contribution in [0.2, 0.25) is 0 Å². The highest BCUT2D eigenvalue weighted by atomic mass is 16.2. The molecule has 0 heterocycles. The number of hydrogen-bond acceptors (Lipinski definition) is 2. The molecule has 3 heteroatoms. The molecule has 0 aliphatic heterocycles. The van der Waals surface area contributed by atoms with Crippen molar-refractivity contribution in [2.75, 3.05) is 0 Å². The third-order valence-electron chi connectivity index (χ3n) is 4.80. The van der Waals surface area contributed by atoms with E-state index >= 15 is 0 Å². The van der Waals surface area contributed by atoms with Gasteiger partial charge in [0.25, 0.3) is 0 Å². The van der Waals surface area contributed by atoms with Crippen LogP contribution in [-0.2, 0) is 10.2 Å². The quantitative estimate of drug-likeness (QED) is 0.647. The Morgan fingerprint density at radius 1 is 1.08 bits per heavy atom. The highest BCUT2D eigenvalue weighted by molar-refractivity contribution is 5.85. The molecule has 2 unspecified atom stereocenters. The normalized spacial score (nSPS) is 19.8. The largest absolute Gasteiger partial charge is 0.273 e. The number of carbonyl (C=O) groups excluding carboxylic acids is 1. The molecule has 3 rings (SSSR count). The fourth-order valence-corrected chi connectivity index (χ4v) is 2.99. The molecule has 1 aliphatic rings. The molecule has 2 atom stereocenters. The maximum atomic E-state index is 12.2. The fourth-order valence-electron chi connectivity index (χ4n) is 2.99. The number of aryl methyl sites for hydroxylation is 1. The van der Waals surface area contributed by atoms with Gasteiger partial charge >= 0.3 is 0 Å². The second-order valence-corrected chi connectivity index (χ2v) is 7.97. The number of hydrazone groups is 1. The third-order valence-corrected chi connectivity index (χ3v) is 4.80. The van der Waals surface area contributed by atoms with Crippen LogP contribution in [0.15, 0.2) is 53.6 Å². The van der Waals surface area contributed by atoms with Gasteiger partial charge in [-0.1, -0.05) is 74.9 Å². The minimum absolute atomic E-state index is 0.00765. The molecule has 1 aliphatic carbocycles. The summed E-state index contributed by atoms with van der Waals surface area (Å²) in [5.41, 5.74) is 7.59. The van der Waals surface area contributed by atoms with E-state index in [1.54, 1.807) is 6.21 Å². The fraction of sp³-hybridized carbons (Fsp3) is 0.364. The van der Waals surface area contributed by atoms with E-state index in [-0.39, 0.29) is 17.2 Å². The highest BCUT2D eigenvalue weighted by Gasteiger charge is 2.43. The average Bonchev–Trinajstić information content (AvgIpc) is 3.37. The monoisotopic (exact) mass is 334 g/mol. The minimum atomic E-state index is 0.00765. The molecule has 1 N–H and O–H groups in total. The molecule has 0 saturated heterocycles. The summed E-state index contributed by atoms with van der Waals surface area (Å²) >= 11 is 0. The van der Waals surface area contributed by atoms with Crippen LogP contribution in [0.1, 0.15) is 55.4 Å². The number of benzene rings is 2. The Bertz CT molecular complexity index is 767. The number of amides is 1. The van der Waals surface area contributed by atoms with Gasteiger partial charge in [-0.05, 0) is 41.4 Å². The lowest BCUT2D eigenvalue weighted by Crippen LogP contribution is -2.20. The van der Waals surface area contributed by atoms with Crippen molar-refractivity contribution in [2.45, 2.75) is 45.4 Å². The Hall–Kier alpha value is -2.42. The van der Waals surface area contributed by atoms with Gasteiger partial charge in [0.15, 0.2) is 0 Å². The first-order valence-corrected chi connectivity index (χ1v) is 8.84. The molecule has 2 aromatic carbocycles. The second kappa shape index (κ2) is 6.83. The van der Waals surface area contributed by atoms with Crippen molar-refractivity contribution in [2.24, 2.45) is 11.0 Å². The maximum Gasteiger partial charge on any atom is 0.243 e. The molecule has 0 radical (unpaired) electrons. The zero-order valence-electron chi connectivity index (χ0n) is 15.4. The second-order valence-electron chi connectivity index (χ2n) is 7.97. The summed E-state index contributed by atoms with van der Waals surface area (Å²) in [5, 5.41) is 4.08. The molecular weight excluding hydrogens is 308 g/mol. The SMILES string of the molecule is Cc1ccc(C=NNC(=O)C2CC2c2ccc(C(C)(C)C)cc2)cc1. The van der Waals surface area contributed by atoms with Crippen molar-refractivity contribution in [3.8, 4) is 0 Å². The first-order valence-electron chi connectivity index (χ1n) is 8.84. The van der Waals surface area contributed by atoms with Gasteiger partial charge in [0.1, 0.15) is 0 Å². The maximum absolute atomic E-state index is 12.2. The van der Waals surface area contributed by atoms with E-state index in [0.29, 0.717) is 5.92 Å². The van der Waals surface area contributed by atoms with Crippen LogP contribution in [-0.4, -0.2) is 12.1 Å². The Morgan fingerprint density at radius 3 is 2.32 bits per heavy atom. The molecule has 130 valence electrons. The Kier molecular flexibility index (Phi) is 4.76. The minimum Gasteiger partial charge on any atom is -0.273 e. The molecule has 0 bridgehead atoms. The Labute approximate surface area is 150 Å². The van der Waals surface area contributed by atoms with Crippen molar-refractivity contribution >= 4 is 12.1 Å². The van der Waals surface area contributed by atoms with Gasteiger partial charge in [0, 0.05) is 5.92 Å². The van der Waals surface area contributed by atoms with Crippen LogP contribution < -0.4 is 5.43 Å². The van der Waals surface area contributed by atoms with Crippen LogP contribution >= 0.6 is 0 Å². The van der Waals surface area contributed by atoms with Crippen LogP contribution in [0.5, 0.6) is 0 Å². The zero-order chi connectivity index (χ0) is 18.0. The Balaban J connectivity index is 1.54. The molecule has 1 amide bonds. The van der Waals surface area contributed by atoms with Gasteiger partial charge in [0.05, 0.1) is 6.21 Å². The van der Waals surface area contributed by atoms with E-state index in [9.17, 15) is 4.79 Å². The lowest BCUT2D eigenvalue weighted by atomic mass is 9.86. The van der Waals surface area contributed by atoms with Crippen LogP contribution in [0.3, 0.4) is 0 Å². The summed E-state index contributed by atoms with van der Waals surface area (Å²) in [6, 6.07) is 16.7. The van der Waals surface area contributed by atoms with Crippen molar-refractivity contribution in [1.29, 1.82) is 0 Å². The van der Waals surface area contributed by atoms with Crippen LogP contribution in [0, 0.1) is 12.8 Å². The summed E-state index contributed by atoms with van der Waals surface area (Å²) in [6.07, 6.45) is 2.59. The molecular formula is C22H26N2O. The lowest BCUT2D eigenvalue weighted by Gasteiger charge is -2.19. The van der Waals surface area contributed by atoms with Crippen molar-refractivity contribution in [3.63, 3.8) is 0 Å². The summed E-state index contributed by atoms with van der Waals surface area (Å²) in [7, 11) is 0. The van der Waals surface area contributed by atoms with Gasteiger partial charge in [0.2, 0.25) is 5.91 Å². The van der Waals surface area contributed by atoms with E-state index in [0.717, 1.165) is 12.0 Å². The number of rotatable bonds is 4. The number of carbonyl (C=O) groups is 1. The molecule has 3 nitrogen and oxygen atoms in total. The first-order chi connectivity index (χ1) is 11.8. The number of nitrogens with zero attached hydrogens (tertiary/aromatic N) is 1. The number of nitrogens with one attached hydrogen (secondary N) is 1. The molecule has 2 aromatic rings. The zero-order valence-corrected chi connectivity index (χ0v) is 15.4. The lowest BCUT2D eigenvalue weighted by molar-refractivity contribution is -0.122. The van der Waals surface area contributed by atoms with Crippen LogP contribution in [0.25, 0.3) is 0 Å². The van der Waals surface area contributed by atoms with Gasteiger partial charge in [-0.2, -0.15) is 5.10 Å². The van der Waals surface area contributed by atoms with E-state index in [4.69, 9.17) is 0 Å². The van der Waals surface area contributed by atoms with Crippen molar-refractivity contribution in [1.82, 2.24) is 5.43 Å². The third kappa shape index (κ3) is 4.36. The molecule has 25 heavy (non-hydrogen) atoms. The Morgan fingerprint density at radius 2 is 1.72 bits per heavy atom. The summed E-state index contributed by atoms with van der Waals surface area (Å²) in [6.45, 7) is 8.67. The predicted octanol–water partition coefficient (Wildman–Crippen LogP) is 4.55. The van der Waals surface area contributed by atoms with E-state index < -0.39 is 0 Å². The van der Waals surface area contributed by atoms with E-state index in [1.807, 2.05) is 31.2 Å². The smallest absolute Gasteiger partial charge is 0.243 e. The van der Waals surface area contributed by atoms with Gasteiger partial charge in [-0.3, -0.25) is 4.79 Å². The van der Waals surface area contributed by atoms with Crippen molar-refractivity contribution in [3.05, 3.63) is 70.8 Å². The average molecular weight is 334 g/mol. The van der Waals surface area contributed by atoms with E-state index in [1.165, 1.54) is 16.7 Å². The van der Waals surface area contributed by atoms with Gasteiger partial charge in [-0.25, -0.2) is 5.43 Å². The highest BCUT2D eigenvalue weighted by Crippen LogP contribution is 2.47. The molecule has 1 fully saturated rings. The van der Waals surface area contributed by atoms with Crippen LogP contribution in [0.4, 0.5) is 0 Å². The molecule has 0 aromatic heterocycles. The molecule has 0 spiro atoms. The summed E-state index contributed by atoms with van der Waals surface area (Å²) in [4.78, 5) is 12.2. The van der Waals surface area contributed by atoms with Gasteiger partial charge in [-0.15, -0.1) is 0 Å².